The van der Waals surface area contributed by atoms with Crippen LogP contribution in [0.5, 0.6) is 5.75 Å². The number of hydrogen-bond donors (Lipinski definition) is 3. The lowest BCUT2D eigenvalue weighted by Gasteiger charge is -2.27. The molecule has 2 atom stereocenters. The van der Waals surface area contributed by atoms with Crippen LogP contribution in [0.4, 0.5) is 5.95 Å². The first-order valence-corrected chi connectivity index (χ1v) is 10.4. The monoisotopic (exact) mass is 437 g/mol. The van der Waals surface area contributed by atoms with Crippen molar-refractivity contribution in [2.75, 3.05) is 18.9 Å². The van der Waals surface area contributed by atoms with Gasteiger partial charge in [0.05, 0.1) is 26.1 Å². The summed E-state index contributed by atoms with van der Waals surface area (Å²) in [6.07, 6.45) is 0.509. The number of anilines is 1. The first-order chi connectivity index (χ1) is 14.4. The number of imidazole rings is 1. The van der Waals surface area contributed by atoms with E-state index < -0.39 is 26.1 Å². The number of aromatic amines is 1. The van der Waals surface area contributed by atoms with Crippen LogP contribution in [0.15, 0.2) is 29.3 Å². The minimum Gasteiger partial charge on any atom is -0.403 e. The van der Waals surface area contributed by atoms with Gasteiger partial charge in [0.15, 0.2) is 11.2 Å². The van der Waals surface area contributed by atoms with Crippen LogP contribution >= 0.6 is 7.82 Å². The first-order valence-electron chi connectivity index (χ1n) is 8.99. The van der Waals surface area contributed by atoms with Gasteiger partial charge in [-0.15, -0.1) is 0 Å². The molecule has 4 N–H and O–H groups in total. The summed E-state index contributed by atoms with van der Waals surface area (Å²) in [6, 6.07) is 5.49. The number of nitrogens with zero attached hydrogens (tertiary/aromatic N) is 3. The highest BCUT2D eigenvalue weighted by molar-refractivity contribution is 7.49. The molecular formula is C17H20N5O7P. The zero-order chi connectivity index (χ0) is 21.3. The number of aliphatic hydroxyl groups is 1. The van der Waals surface area contributed by atoms with Crippen molar-refractivity contribution in [2.24, 2.45) is 0 Å². The normalized spacial score (nSPS) is 19.4. The molecule has 0 saturated heterocycles. The molecule has 0 bridgehead atoms. The second-order valence-corrected chi connectivity index (χ2v) is 8.20. The Morgan fingerprint density at radius 2 is 2.30 bits per heavy atom. The molecule has 12 nitrogen and oxygen atoms in total. The number of hydrogen-bond acceptors (Lipinski definition) is 10. The Bertz CT molecular complexity index is 1180. The molecule has 1 aromatic carbocycles. The standard InChI is InChI=1S/C17H20N5O7P/c1-10-3-2-4-11-6-27-30(25,29-14(10)11)28-7-12(5-23)26-9-22-8-19-13-15(22)20-17(18)21-16(13)24/h2-4,8,12,23H,5-7,9H2,1H3,(H3,18,20,21,24)/t12-,30?/m0/s1. The van der Waals surface area contributed by atoms with Crippen LogP contribution < -0.4 is 15.8 Å². The molecule has 3 heterocycles. The minimum atomic E-state index is -3.86. The maximum absolute atomic E-state index is 12.8. The van der Waals surface area contributed by atoms with Gasteiger partial charge in [0.1, 0.15) is 18.6 Å². The highest BCUT2D eigenvalue weighted by Gasteiger charge is 2.35. The molecule has 160 valence electrons. The third-order valence-corrected chi connectivity index (χ3v) is 5.76. The number of aliphatic hydroxyl groups excluding tert-OH is 1. The zero-order valence-electron chi connectivity index (χ0n) is 16.0. The quantitative estimate of drug-likeness (QED) is 0.456. The van der Waals surface area contributed by atoms with E-state index in [9.17, 15) is 14.5 Å². The summed E-state index contributed by atoms with van der Waals surface area (Å²) in [5, 5.41) is 9.58. The lowest BCUT2D eigenvalue weighted by atomic mass is 10.1. The Morgan fingerprint density at radius 3 is 3.10 bits per heavy atom. The van der Waals surface area contributed by atoms with Gasteiger partial charge >= 0.3 is 7.82 Å². The van der Waals surface area contributed by atoms with Crippen LogP contribution in [-0.4, -0.2) is 43.9 Å². The molecule has 0 spiro atoms. The maximum Gasteiger partial charge on any atom is 0.530 e. The Hall–Kier alpha value is -2.76. The van der Waals surface area contributed by atoms with Crippen LogP contribution in [0.1, 0.15) is 11.1 Å². The second kappa shape index (κ2) is 8.17. The molecule has 0 aliphatic carbocycles. The van der Waals surface area contributed by atoms with E-state index in [0.29, 0.717) is 5.75 Å². The van der Waals surface area contributed by atoms with Crippen molar-refractivity contribution in [3.63, 3.8) is 0 Å². The fraction of sp³-hybridized carbons (Fsp3) is 0.353. The molecule has 3 aromatic rings. The van der Waals surface area contributed by atoms with E-state index in [2.05, 4.69) is 15.0 Å². The number of para-hydroxylation sites is 1. The highest BCUT2D eigenvalue weighted by atomic mass is 31.2. The molecule has 0 fully saturated rings. The van der Waals surface area contributed by atoms with Crippen LogP contribution in [-0.2, 0) is 31.7 Å². The van der Waals surface area contributed by atoms with Gasteiger partial charge in [0.2, 0.25) is 5.95 Å². The van der Waals surface area contributed by atoms with Crippen molar-refractivity contribution in [2.45, 2.75) is 26.4 Å². The van der Waals surface area contributed by atoms with Crippen LogP contribution in [0.2, 0.25) is 0 Å². The number of nitrogens with two attached hydrogens (primary N) is 1. The number of phosphoric ester groups is 1. The average molecular weight is 437 g/mol. The fourth-order valence-corrected chi connectivity index (χ4v) is 4.20. The summed E-state index contributed by atoms with van der Waals surface area (Å²) in [5.41, 5.74) is 7.00. The third-order valence-electron chi connectivity index (χ3n) is 4.44. The van der Waals surface area contributed by atoms with Crippen molar-refractivity contribution >= 4 is 24.9 Å². The van der Waals surface area contributed by atoms with E-state index in [1.807, 2.05) is 25.1 Å². The first kappa shape index (κ1) is 20.5. The van der Waals surface area contributed by atoms with Gasteiger partial charge in [0, 0.05) is 5.56 Å². The predicted molar refractivity (Wildman–Crippen MR) is 105 cm³/mol. The van der Waals surface area contributed by atoms with E-state index in [1.165, 1.54) is 10.9 Å². The highest BCUT2D eigenvalue weighted by Crippen LogP contribution is 2.55. The number of aryl methyl sites for hydroxylation is 1. The average Bonchev–Trinajstić information content (AvgIpc) is 3.12. The van der Waals surface area contributed by atoms with Crippen LogP contribution in [0, 0.1) is 6.92 Å². The largest absolute Gasteiger partial charge is 0.530 e. The number of aromatic nitrogens is 4. The lowest BCUT2D eigenvalue weighted by molar-refractivity contribution is -0.0496. The van der Waals surface area contributed by atoms with Crippen LogP contribution in [0.3, 0.4) is 0 Å². The van der Waals surface area contributed by atoms with Crippen molar-refractivity contribution in [1.82, 2.24) is 19.5 Å². The molecule has 1 unspecified atom stereocenters. The Morgan fingerprint density at radius 1 is 1.47 bits per heavy atom. The number of rotatable bonds is 7. The maximum atomic E-state index is 12.8. The van der Waals surface area contributed by atoms with Crippen LogP contribution in [0.25, 0.3) is 11.2 Å². The summed E-state index contributed by atoms with van der Waals surface area (Å²) < 4.78 is 35.9. The Kier molecular flexibility index (Phi) is 5.58. The van der Waals surface area contributed by atoms with E-state index in [1.54, 1.807) is 0 Å². The molecule has 4 rings (SSSR count). The number of ether oxygens (including phenoxy) is 1. The molecule has 1 aliphatic heterocycles. The fourth-order valence-electron chi connectivity index (χ4n) is 2.89. The predicted octanol–water partition coefficient (Wildman–Crippen LogP) is 1.08. The van der Waals surface area contributed by atoms with Gasteiger partial charge in [-0.2, -0.15) is 4.98 Å². The van der Waals surface area contributed by atoms with Crippen molar-refractivity contribution < 1.29 is 28.0 Å². The van der Waals surface area contributed by atoms with Gasteiger partial charge < -0.3 is 20.1 Å². The molecule has 13 heteroatoms. The van der Waals surface area contributed by atoms with E-state index in [-0.39, 0.29) is 37.1 Å². The van der Waals surface area contributed by atoms with Gasteiger partial charge in [0.25, 0.3) is 5.56 Å². The number of benzene rings is 1. The van der Waals surface area contributed by atoms with Gasteiger partial charge in [-0.1, -0.05) is 18.2 Å². The smallest absolute Gasteiger partial charge is 0.403 e. The second-order valence-electron chi connectivity index (χ2n) is 6.61. The van der Waals surface area contributed by atoms with Crippen molar-refractivity contribution in [3.05, 3.63) is 46.0 Å². The molecule has 2 aromatic heterocycles. The minimum absolute atomic E-state index is 0.0587. The molecule has 0 amide bonds. The lowest BCUT2D eigenvalue weighted by Crippen LogP contribution is -2.26. The summed E-state index contributed by atoms with van der Waals surface area (Å²) in [6.45, 7) is 1.14. The zero-order valence-corrected chi connectivity index (χ0v) is 16.9. The number of nitrogens with one attached hydrogen (secondary N) is 1. The number of phosphoric acid groups is 1. The van der Waals surface area contributed by atoms with E-state index in [4.69, 9.17) is 24.0 Å². The summed E-state index contributed by atoms with van der Waals surface area (Å²) >= 11 is 0. The van der Waals surface area contributed by atoms with Crippen molar-refractivity contribution in [3.8, 4) is 5.75 Å². The SMILES string of the molecule is Cc1cccc2c1OP(=O)(OC[C@H](CO)OCn1cnc3c(=O)[nH]c(N)nc31)OC2. The summed E-state index contributed by atoms with van der Waals surface area (Å²) in [7, 11) is -3.86. The number of fused-ring (bicyclic) bond motifs is 2. The van der Waals surface area contributed by atoms with Gasteiger partial charge in [-0.3, -0.25) is 23.4 Å². The number of H-pyrrole nitrogens is 1. The summed E-state index contributed by atoms with van der Waals surface area (Å²) in [5.74, 6) is 0.406. The molecule has 0 saturated carbocycles. The Balaban J connectivity index is 1.40. The summed E-state index contributed by atoms with van der Waals surface area (Å²) in [4.78, 5) is 22.2. The molecule has 1 aliphatic rings. The van der Waals surface area contributed by atoms with Gasteiger partial charge in [-0.05, 0) is 12.5 Å². The van der Waals surface area contributed by atoms with Crippen molar-refractivity contribution in [1.29, 1.82) is 0 Å². The third kappa shape index (κ3) is 4.09. The van der Waals surface area contributed by atoms with E-state index >= 15 is 0 Å². The number of nitrogen functional groups attached to an aromatic ring is 1. The van der Waals surface area contributed by atoms with Gasteiger partial charge in [-0.25, -0.2) is 9.55 Å². The molecule has 0 radical (unpaired) electrons. The molecular weight excluding hydrogens is 417 g/mol. The molecule has 30 heavy (non-hydrogen) atoms. The topological polar surface area (TPSA) is 164 Å². The van der Waals surface area contributed by atoms with E-state index in [0.717, 1.165) is 11.1 Å². The Labute approximate surface area is 170 Å².